The Morgan fingerprint density at radius 2 is 1.95 bits per heavy atom. The summed E-state index contributed by atoms with van der Waals surface area (Å²) in [5.74, 6) is 3.28. The van der Waals surface area contributed by atoms with Crippen molar-refractivity contribution in [1.82, 2.24) is 0 Å². The highest BCUT2D eigenvalue weighted by molar-refractivity contribution is 5.59. The van der Waals surface area contributed by atoms with Crippen molar-refractivity contribution in [3.8, 4) is 0 Å². The van der Waals surface area contributed by atoms with Gasteiger partial charge in [0.15, 0.2) is 6.29 Å². The lowest BCUT2D eigenvalue weighted by atomic mass is 9.58. The Bertz CT molecular complexity index is 432. The molecule has 1 aliphatic heterocycles. The molecule has 0 aromatic heterocycles. The molecule has 2 bridgehead atoms. The summed E-state index contributed by atoms with van der Waals surface area (Å²) in [6, 6.07) is 0. The number of hydrogen-bond acceptors (Lipinski definition) is 3. The maximum atomic E-state index is 11.1. The zero-order valence-electron chi connectivity index (χ0n) is 13.7. The van der Waals surface area contributed by atoms with Gasteiger partial charge in [0, 0.05) is 5.92 Å². The van der Waals surface area contributed by atoms with Crippen LogP contribution in [0.1, 0.15) is 40.5 Å². The van der Waals surface area contributed by atoms with Gasteiger partial charge in [-0.1, -0.05) is 25.5 Å². The van der Waals surface area contributed by atoms with Gasteiger partial charge >= 0.3 is 0 Å². The van der Waals surface area contributed by atoms with Crippen molar-refractivity contribution in [2.45, 2.75) is 46.8 Å². The number of aldehydes is 1. The van der Waals surface area contributed by atoms with E-state index in [2.05, 4.69) is 26.8 Å². The highest BCUT2D eigenvalue weighted by Crippen LogP contribution is 2.52. The van der Waals surface area contributed by atoms with Crippen LogP contribution in [0, 0.1) is 35.0 Å². The second-order valence-corrected chi connectivity index (χ2v) is 7.99. The van der Waals surface area contributed by atoms with Crippen molar-refractivity contribution >= 4 is 6.29 Å². The second-order valence-electron chi connectivity index (χ2n) is 7.99. The number of hydrogen-bond donors (Lipinski definition) is 0. The zero-order chi connectivity index (χ0) is 15.2. The maximum absolute atomic E-state index is 11.1. The summed E-state index contributed by atoms with van der Waals surface area (Å²) in [6.07, 6.45) is 5.78. The molecule has 0 aromatic carbocycles. The van der Waals surface area contributed by atoms with Gasteiger partial charge in [0.2, 0.25) is 0 Å². The third kappa shape index (κ3) is 2.70. The molecule has 21 heavy (non-hydrogen) atoms. The standard InChI is InChI=1S/C18H28O3/c1-11(2)14-7-15-12(3)5-13(14)6-16(15)17-20-9-18(4,8-19)10-21-17/h5,8,11,13-17H,6-7,9-10H2,1-4H3. The van der Waals surface area contributed by atoms with E-state index in [4.69, 9.17) is 9.47 Å². The summed E-state index contributed by atoms with van der Waals surface area (Å²) < 4.78 is 11.9. The number of carbonyl (C=O) groups excluding carboxylic acids is 1. The molecule has 0 spiro atoms. The molecule has 3 nitrogen and oxygen atoms in total. The van der Waals surface area contributed by atoms with E-state index < -0.39 is 5.41 Å². The normalized spacial score (nSPS) is 46.5. The molecule has 2 fully saturated rings. The highest BCUT2D eigenvalue weighted by Gasteiger charge is 2.47. The first-order valence-corrected chi connectivity index (χ1v) is 8.31. The summed E-state index contributed by atoms with van der Waals surface area (Å²) >= 11 is 0. The molecule has 1 heterocycles. The van der Waals surface area contributed by atoms with E-state index in [1.54, 1.807) is 0 Å². The van der Waals surface area contributed by atoms with E-state index in [9.17, 15) is 4.79 Å². The summed E-state index contributed by atoms with van der Waals surface area (Å²) in [7, 11) is 0. The van der Waals surface area contributed by atoms with Crippen LogP contribution in [0.5, 0.6) is 0 Å². The zero-order valence-corrected chi connectivity index (χ0v) is 13.7. The van der Waals surface area contributed by atoms with Crippen molar-refractivity contribution in [3.63, 3.8) is 0 Å². The van der Waals surface area contributed by atoms with Gasteiger partial charge in [0.1, 0.15) is 6.29 Å². The molecule has 3 heteroatoms. The Morgan fingerprint density at radius 1 is 1.29 bits per heavy atom. The summed E-state index contributed by atoms with van der Waals surface area (Å²) in [4.78, 5) is 11.1. The van der Waals surface area contributed by atoms with Gasteiger partial charge in [-0.2, -0.15) is 0 Å². The Kier molecular flexibility index (Phi) is 4.00. The molecule has 4 unspecified atom stereocenters. The fraction of sp³-hybridized carbons (Fsp3) is 0.833. The molecule has 0 radical (unpaired) electrons. The quantitative estimate of drug-likeness (QED) is 0.590. The van der Waals surface area contributed by atoms with Gasteiger partial charge in [-0.05, 0) is 50.4 Å². The lowest BCUT2D eigenvalue weighted by Gasteiger charge is -2.50. The van der Waals surface area contributed by atoms with Gasteiger partial charge in [0.05, 0.1) is 18.6 Å². The third-order valence-electron chi connectivity index (χ3n) is 5.84. The lowest BCUT2D eigenvalue weighted by Crippen LogP contribution is -2.49. The minimum atomic E-state index is -0.463. The minimum absolute atomic E-state index is 0.123. The smallest absolute Gasteiger partial charge is 0.161 e. The largest absolute Gasteiger partial charge is 0.351 e. The van der Waals surface area contributed by atoms with Crippen LogP contribution in [0.4, 0.5) is 0 Å². The Hall–Kier alpha value is -0.670. The van der Waals surface area contributed by atoms with E-state index in [1.807, 2.05) is 6.92 Å². The van der Waals surface area contributed by atoms with Gasteiger partial charge in [-0.3, -0.25) is 0 Å². The van der Waals surface area contributed by atoms with Crippen LogP contribution in [-0.2, 0) is 14.3 Å². The molecule has 4 aliphatic rings. The van der Waals surface area contributed by atoms with E-state index in [0.717, 1.165) is 18.1 Å². The molecule has 4 rings (SSSR count). The Morgan fingerprint density at radius 3 is 2.48 bits per heavy atom. The first kappa shape index (κ1) is 15.2. The summed E-state index contributed by atoms with van der Waals surface area (Å²) in [6.45, 7) is 9.83. The van der Waals surface area contributed by atoms with Crippen molar-refractivity contribution in [2.75, 3.05) is 13.2 Å². The predicted molar refractivity (Wildman–Crippen MR) is 81.7 cm³/mol. The van der Waals surface area contributed by atoms with Gasteiger partial charge < -0.3 is 14.3 Å². The minimum Gasteiger partial charge on any atom is -0.351 e. The first-order chi connectivity index (χ1) is 9.93. The van der Waals surface area contributed by atoms with E-state index >= 15 is 0 Å². The molecule has 0 amide bonds. The van der Waals surface area contributed by atoms with Crippen LogP contribution in [0.2, 0.25) is 0 Å². The summed E-state index contributed by atoms with van der Waals surface area (Å²) in [5, 5.41) is 0. The van der Waals surface area contributed by atoms with Crippen LogP contribution in [-0.4, -0.2) is 25.8 Å². The van der Waals surface area contributed by atoms with E-state index in [1.165, 1.54) is 18.4 Å². The molecular formula is C18H28O3. The van der Waals surface area contributed by atoms with Crippen LogP contribution in [0.25, 0.3) is 0 Å². The van der Waals surface area contributed by atoms with Gasteiger partial charge in [-0.25, -0.2) is 0 Å². The monoisotopic (exact) mass is 292 g/mol. The molecule has 118 valence electrons. The lowest BCUT2D eigenvalue weighted by molar-refractivity contribution is -0.252. The van der Waals surface area contributed by atoms with Crippen molar-refractivity contribution in [1.29, 1.82) is 0 Å². The van der Waals surface area contributed by atoms with Crippen LogP contribution in [0.15, 0.2) is 11.6 Å². The average molecular weight is 292 g/mol. The second kappa shape index (κ2) is 5.51. The van der Waals surface area contributed by atoms with Crippen molar-refractivity contribution in [2.24, 2.45) is 35.0 Å². The van der Waals surface area contributed by atoms with Gasteiger partial charge in [0.25, 0.3) is 0 Å². The summed E-state index contributed by atoms with van der Waals surface area (Å²) in [5.41, 5.74) is 1.05. The molecule has 1 saturated heterocycles. The Labute approximate surface area is 128 Å². The number of allylic oxidation sites excluding steroid dienone is 2. The molecule has 3 aliphatic carbocycles. The number of rotatable bonds is 3. The number of ether oxygens (including phenoxy) is 2. The van der Waals surface area contributed by atoms with Crippen molar-refractivity contribution in [3.05, 3.63) is 11.6 Å². The fourth-order valence-electron chi connectivity index (χ4n) is 4.49. The SMILES string of the molecule is CC1=CC2CC(C3OCC(C)(C=O)CO3)C1CC2C(C)C. The third-order valence-corrected chi connectivity index (χ3v) is 5.84. The van der Waals surface area contributed by atoms with E-state index in [-0.39, 0.29) is 6.29 Å². The average Bonchev–Trinajstić information content (AvgIpc) is 2.47. The van der Waals surface area contributed by atoms with Gasteiger partial charge in [-0.15, -0.1) is 0 Å². The highest BCUT2D eigenvalue weighted by atomic mass is 16.7. The molecule has 0 aromatic rings. The predicted octanol–water partition coefficient (Wildman–Crippen LogP) is 3.44. The molecule has 4 atom stereocenters. The maximum Gasteiger partial charge on any atom is 0.161 e. The van der Waals surface area contributed by atoms with Crippen molar-refractivity contribution < 1.29 is 14.3 Å². The molecular weight excluding hydrogens is 264 g/mol. The topological polar surface area (TPSA) is 35.5 Å². The van der Waals surface area contributed by atoms with E-state index in [0.29, 0.717) is 31.0 Å². The van der Waals surface area contributed by atoms with Crippen LogP contribution >= 0.6 is 0 Å². The van der Waals surface area contributed by atoms with Crippen LogP contribution < -0.4 is 0 Å². The Balaban J connectivity index is 1.70. The number of carbonyl (C=O) groups is 1. The first-order valence-electron chi connectivity index (χ1n) is 8.31. The van der Waals surface area contributed by atoms with Crippen LogP contribution in [0.3, 0.4) is 0 Å². The fourth-order valence-corrected chi connectivity index (χ4v) is 4.49. The number of fused-ring (bicyclic) bond motifs is 2. The molecule has 1 saturated carbocycles. The molecule has 0 N–H and O–H groups in total.